The second-order valence-electron chi connectivity index (χ2n) is 6.24. The number of nitrogens with zero attached hydrogens (tertiary/aromatic N) is 3. The SMILES string of the molecule is COC(=O)c1c(NC(=S)Nn2c(C)nnc2C)sc2c1CC[C@H](C)C2. The summed E-state index contributed by atoms with van der Waals surface area (Å²) in [5.74, 6) is 1.70. The van der Waals surface area contributed by atoms with Crippen molar-refractivity contribution < 1.29 is 9.53 Å². The standard InChI is InChI=1S/C16H21N5O2S2/c1-8-5-6-11-12(7-8)25-14(13(11)15(22)23-4)17-16(24)20-21-9(2)18-19-10(21)3/h8H,5-7H2,1-4H3,(H2,17,20,24)/t8-/m0/s1. The Morgan fingerprint density at radius 2 is 2.04 bits per heavy atom. The molecule has 0 aromatic carbocycles. The molecule has 2 aromatic heterocycles. The highest BCUT2D eigenvalue weighted by atomic mass is 32.1. The molecule has 0 saturated carbocycles. The van der Waals surface area contributed by atoms with Gasteiger partial charge in [-0.3, -0.25) is 5.43 Å². The summed E-state index contributed by atoms with van der Waals surface area (Å²) in [5.41, 5.74) is 4.75. The van der Waals surface area contributed by atoms with Gasteiger partial charge >= 0.3 is 5.97 Å². The van der Waals surface area contributed by atoms with E-state index in [2.05, 4.69) is 27.9 Å². The van der Waals surface area contributed by atoms with E-state index in [4.69, 9.17) is 17.0 Å². The zero-order valence-electron chi connectivity index (χ0n) is 14.7. The van der Waals surface area contributed by atoms with Crippen LogP contribution in [0.25, 0.3) is 0 Å². The van der Waals surface area contributed by atoms with Crippen molar-refractivity contribution in [1.29, 1.82) is 0 Å². The van der Waals surface area contributed by atoms with Gasteiger partial charge in [0.15, 0.2) is 5.11 Å². The smallest absolute Gasteiger partial charge is 0.341 e. The highest BCUT2D eigenvalue weighted by molar-refractivity contribution is 7.80. The molecule has 2 aromatic rings. The van der Waals surface area contributed by atoms with Gasteiger partial charge in [-0.15, -0.1) is 21.5 Å². The van der Waals surface area contributed by atoms with Crippen LogP contribution in [0.15, 0.2) is 0 Å². The number of anilines is 1. The molecule has 9 heteroatoms. The van der Waals surface area contributed by atoms with Crippen LogP contribution in [0.1, 0.15) is 45.8 Å². The molecule has 3 rings (SSSR count). The number of thiocarbonyl (C=S) groups is 1. The fraction of sp³-hybridized carbons (Fsp3) is 0.500. The second kappa shape index (κ2) is 7.09. The molecule has 2 heterocycles. The quantitative estimate of drug-likeness (QED) is 0.627. The molecule has 0 spiro atoms. The average molecular weight is 380 g/mol. The van der Waals surface area contributed by atoms with E-state index in [9.17, 15) is 4.79 Å². The maximum Gasteiger partial charge on any atom is 0.341 e. The van der Waals surface area contributed by atoms with Crippen molar-refractivity contribution in [2.24, 2.45) is 5.92 Å². The lowest BCUT2D eigenvalue weighted by Crippen LogP contribution is -2.29. The van der Waals surface area contributed by atoms with E-state index in [0.29, 0.717) is 28.2 Å². The Labute approximate surface area is 155 Å². The Morgan fingerprint density at radius 1 is 1.36 bits per heavy atom. The summed E-state index contributed by atoms with van der Waals surface area (Å²) >= 11 is 6.98. The van der Waals surface area contributed by atoms with Crippen molar-refractivity contribution in [3.8, 4) is 0 Å². The molecule has 0 amide bonds. The molecule has 0 bridgehead atoms. The van der Waals surface area contributed by atoms with Crippen LogP contribution >= 0.6 is 23.6 Å². The number of fused-ring (bicyclic) bond motifs is 1. The minimum absolute atomic E-state index is 0.325. The highest BCUT2D eigenvalue weighted by Crippen LogP contribution is 2.40. The number of thiophene rings is 1. The molecule has 1 aliphatic rings. The van der Waals surface area contributed by atoms with Gasteiger partial charge in [0, 0.05) is 4.88 Å². The maximum atomic E-state index is 12.3. The summed E-state index contributed by atoms with van der Waals surface area (Å²) in [6.07, 6.45) is 2.95. The first-order valence-corrected chi connectivity index (χ1v) is 9.32. The number of hydrogen-bond donors (Lipinski definition) is 2. The lowest BCUT2D eigenvalue weighted by Gasteiger charge is -2.18. The van der Waals surface area contributed by atoms with Crippen LogP contribution in [0.4, 0.5) is 5.00 Å². The molecular formula is C16H21N5O2S2. The van der Waals surface area contributed by atoms with E-state index in [-0.39, 0.29) is 5.97 Å². The zero-order valence-corrected chi connectivity index (χ0v) is 16.3. The highest BCUT2D eigenvalue weighted by Gasteiger charge is 2.28. The Bertz CT molecular complexity index is 807. The molecular weight excluding hydrogens is 358 g/mol. The van der Waals surface area contributed by atoms with Crippen molar-refractivity contribution in [1.82, 2.24) is 14.9 Å². The van der Waals surface area contributed by atoms with Gasteiger partial charge < -0.3 is 10.1 Å². The molecule has 0 unspecified atom stereocenters. The van der Waals surface area contributed by atoms with Crippen LogP contribution < -0.4 is 10.7 Å². The normalized spacial score (nSPS) is 16.2. The first kappa shape index (κ1) is 17.8. The van der Waals surface area contributed by atoms with Crippen LogP contribution in [0.2, 0.25) is 0 Å². The van der Waals surface area contributed by atoms with Gasteiger partial charge in [-0.05, 0) is 56.8 Å². The summed E-state index contributed by atoms with van der Waals surface area (Å²) in [6.45, 7) is 5.90. The second-order valence-corrected chi connectivity index (χ2v) is 7.76. The number of aryl methyl sites for hydroxylation is 2. The van der Waals surface area contributed by atoms with Crippen LogP contribution in [0.3, 0.4) is 0 Å². The number of esters is 1. The topological polar surface area (TPSA) is 81.1 Å². The van der Waals surface area contributed by atoms with Gasteiger partial charge in [0.25, 0.3) is 0 Å². The minimum Gasteiger partial charge on any atom is -0.465 e. The van der Waals surface area contributed by atoms with E-state index in [1.807, 2.05) is 13.8 Å². The number of hydrogen-bond acceptors (Lipinski definition) is 6. The van der Waals surface area contributed by atoms with E-state index >= 15 is 0 Å². The summed E-state index contributed by atoms with van der Waals surface area (Å²) in [7, 11) is 1.40. The third kappa shape index (κ3) is 3.52. The lowest BCUT2D eigenvalue weighted by atomic mass is 9.88. The number of carbonyl (C=O) groups is 1. The van der Waals surface area contributed by atoms with Gasteiger partial charge in [-0.25, -0.2) is 9.47 Å². The number of nitrogens with one attached hydrogen (secondary N) is 2. The van der Waals surface area contributed by atoms with E-state index < -0.39 is 0 Å². The Kier molecular flexibility index (Phi) is 5.05. The maximum absolute atomic E-state index is 12.3. The molecule has 7 nitrogen and oxygen atoms in total. The summed E-state index contributed by atoms with van der Waals surface area (Å²) in [4.78, 5) is 13.5. The van der Waals surface area contributed by atoms with Crippen molar-refractivity contribution >= 4 is 39.6 Å². The first-order valence-electron chi connectivity index (χ1n) is 8.10. The fourth-order valence-corrected chi connectivity index (χ4v) is 4.68. The molecule has 0 aliphatic heterocycles. The van der Waals surface area contributed by atoms with Crippen molar-refractivity contribution in [2.45, 2.75) is 40.0 Å². The van der Waals surface area contributed by atoms with Crippen LogP contribution in [0, 0.1) is 19.8 Å². The zero-order chi connectivity index (χ0) is 18.1. The van der Waals surface area contributed by atoms with E-state index in [1.54, 1.807) is 16.0 Å². The van der Waals surface area contributed by atoms with Gasteiger partial charge in [0.1, 0.15) is 16.6 Å². The van der Waals surface area contributed by atoms with E-state index in [1.165, 1.54) is 12.0 Å². The number of ether oxygens (including phenoxy) is 1. The number of aromatic nitrogens is 3. The lowest BCUT2D eigenvalue weighted by molar-refractivity contribution is 0.0601. The van der Waals surface area contributed by atoms with Crippen LogP contribution in [-0.2, 0) is 17.6 Å². The van der Waals surface area contributed by atoms with Crippen molar-refractivity contribution in [3.05, 3.63) is 27.7 Å². The van der Waals surface area contributed by atoms with Crippen LogP contribution in [0.5, 0.6) is 0 Å². The molecule has 0 saturated heterocycles. The molecule has 1 aliphatic carbocycles. The molecule has 0 fully saturated rings. The van der Waals surface area contributed by atoms with Gasteiger partial charge in [-0.1, -0.05) is 6.92 Å². The number of carbonyl (C=O) groups excluding carboxylic acids is 1. The summed E-state index contributed by atoms with van der Waals surface area (Å²) in [5, 5.41) is 12.2. The third-order valence-electron chi connectivity index (χ3n) is 4.33. The molecule has 134 valence electrons. The summed E-state index contributed by atoms with van der Waals surface area (Å²) in [6, 6.07) is 0. The van der Waals surface area contributed by atoms with E-state index in [0.717, 1.165) is 29.8 Å². The molecule has 25 heavy (non-hydrogen) atoms. The van der Waals surface area contributed by atoms with Gasteiger partial charge in [-0.2, -0.15) is 0 Å². The predicted molar refractivity (Wildman–Crippen MR) is 102 cm³/mol. The van der Waals surface area contributed by atoms with Crippen molar-refractivity contribution in [3.63, 3.8) is 0 Å². The number of methoxy groups -OCH3 is 1. The first-order chi connectivity index (χ1) is 11.9. The minimum atomic E-state index is -0.325. The monoisotopic (exact) mass is 379 g/mol. The van der Waals surface area contributed by atoms with Crippen LogP contribution in [-0.4, -0.2) is 33.1 Å². The Morgan fingerprint density at radius 3 is 2.68 bits per heavy atom. The molecule has 0 radical (unpaired) electrons. The Hall–Kier alpha value is -2.00. The fourth-order valence-electron chi connectivity index (χ4n) is 3.02. The molecule has 2 N–H and O–H groups in total. The largest absolute Gasteiger partial charge is 0.465 e. The number of rotatable bonds is 3. The van der Waals surface area contributed by atoms with Gasteiger partial charge in [0.2, 0.25) is 0 Å². The predicted octanol–water partition coefficient (Wildman–Crippen LogP) is 2.81. The summed E-state index contributed by atoms with van der Waals surface area (Å²) < 4.78 is 6.69. The Balaban J connectivity index is 1.86. The average Bonchev–Trinajstić information content (AvgIpc) is 3.07. The third-order valence-corrected chi connectivity index (χ3v) is 5.69. The molecule has 1 atom stereocenters. The van der Waals surface area contributed by atoms with Gasteiger partial charge in [0.05, 0.1) is 12.7 Å². The van der Waals surface area contributed by atoms with Crippen molar-refractivity contribution in [2.75, 3.05) is 17.9 Å².